The molecule has 0 aromatic heterocycles. The van der Waals surface area contributed by atoms with Crippen LogP contribution in [0.3, 0.4) is 0 Å². The smallest absolute Gasteiger partial charge is 0.0691 e. The molecule has 0 heterocycles. The summed E-state index contributed by atoms with van der Waals surface area (Å²) in [5.74, 6) is 0. The van der Waals surface area contributed by atoms with Crippen LogP contribution in [0, 0.1) is 0 Å². The molecular weight excluding hydrogens is 156 g/mol. The fraction of sp³-hybridized carbons (Fsp3) is 1.00. The Kier molecular flexibility index (Phi) is 7.39. The summed E-state index contributed by atoms with van der Waals surface area (Å²) in [6.45, 7) is 0.692. The van der Waals surface area contributed by atoms with Gasteiger partial charge in [-0.15, -0.1) is 0 Å². The number of rotatable bonds is 7. The minimum Gasteiger partial charge on any atom is -0.396 e. The number of aliphatic hydroxyl groups excluding tert-OH is 2. The van der Waals surface area contributed by atoms with Crippen molar-refractivity contribution in [3.05, 3.63) is 0 Å². The Hall–Kier alpha value is -0.160. The molecule has 0 aliphatic heterocycles. The molecule has 0 aliphatic carbocycles. The lowest BCUT2D eigenvalue weighted by Gasteiger charge is -2.17. The van der Waals surface area contributed by atoms with E-state index >= 15 is 0 Å². The zero-order chi connectivity index (χ0) is 9.40. The molecule has 74 valence electrons. The Bertz CT molecular complexity index is 101. The summed E-state index contributed by atoms with van der Waals surface area (Å²) in [5.41, 5.74) is 10.9. The standard InChI is InChI=1S/C8H20N2O2/c9-5-2-1-3-8(12)7(10)4-6-11/h7-8,11-12H,1-6,9-10H2. The lowest BCUT2D eigenvalue weighted by Crippen LogP contribution is -2.35. The van der Waals surface area contributed by atoms with Crippen LogP contribution in [-0.4, -0.2) is 35.5 Å². The van der Waals surface area contributed by atoms with Gasteiger partial charge in [-0.2, -0.15) is 0 Å². The van der Waals surface area contributed by atoms with Crippen molar-refractivity contribution < 1.29 is 10.2 Å². The van der Waals surface area contributed by atoms with Crippen molar-refractivity contribution in [1.29, 1.82) is 0 Å². The average Bonchev–Trinajstić information content (AvgIpc) is 2.05. The maximum atomic E-state index is 9.40. The molecule has 0 fully saturated rings. The quantitative estimate of drug-likeness (QED) is 0.382. The molecule has 2 unspecified atom stereocenters. The first-order valence-corrected chi connectivity index (χ1v) is 4.47. The van der Waals surface area contributed by atoms with E-state index in [1.165, 1.54) is 0 Å². The van der Waals surface area contributed by atoms with Crippen molar-refractivity contribution in [2.24, 2.45) is 11.5 Å². The van der Waals surface area contributed by atoms with Gasteiger partial charge in [0.15, 0.2) is 0 Å². The van der Waals surface area contributed by atoms with Crippen LogP contribution in [0.4, 0.5) is 0 Å². The SMILES string of the molecule is NCCCCC(O)C(N)CCO. The molecule has 0 radical (unpaired) electrons. The van der Waals surface area contributed by atoms with Crippen LogP contribution >= 0.6 is 0 Å². The van der Waals surface area contributed by atoms with Crippen LogP contribution in [0.25, 0.3) is 0 Å². The monoisotopic (exact) mass is 176 g/mol. The van der Waals surface area contributed by atoms with E-state index < -0.39 is 6.10 Å². The van der Waals surface area contributed by atoms with Crippen molar-refractivity contribution in [3.63, 3.8) is 0 Å². The number of nitrogens with two attached hydrogens (primary N) is 2. The van der Waals surface area contributed by atoms with E-state index in [4.69, 9.17) is 16.6 Å². The van der Waals surface area contributed by atoms with Crippen molar-refractivity contribution in [2.75, 3.05) is 13.2 Å². The predicted molar refractivity (Wildman–Crippen MR) is 48.6 cm³/mol. The highest BCUT2D eigenvalue weighted by Gasteiger charge is 2.12. The lowest BCUT2D eigenvalue weighted by atomic mass is 10.0. The molecule has 12 heavy (non-hydrogen) atoms. The molecular formula is C8H20N2O2. The maximum absolute atomic E-state index is 9.40. The third kappa shape index (κ3) is 5.49. The Labute approximate surface area is 73.6 Å². The average molecular weight is 176 g/mol. The van der Waals surface area contributed by atoms with Gasteiger partial charge in [0.1, 0.15) is 0 Å². The zero-order valence-corrected chi connectivity index (χ0v) is 7.45. The van der Waals surface area contributed by atoms with Gasteiger partial charge in [-0.1, -0.05) is 0 Å². The van der Waals surface area contributed by atoms with Gasteiger partial charge in [0, 0.05) is 12.6 Å². The molecule has 0 amide bonds. The van der Waals surface area contributed by atoms with Crippen LogP contribution in [0.2, 0.25) is 0 Å². The van der Waals surface area contributed by atoms with Gasteiger partial charge in [0.05, 0.1) is 6.10 Å². The topological polar surface area (TPSA) is 92.5 Å². The van der Waals surface area contributed by atoms with Gasteiger partial charge in [-0.25, -0.2) is 0 Å². The molecule has 0 rings (SSSR count). The second kappa shape index (κ2) is 7.49. The van der Waals surface area contributed by atoms with E-state index in [1.54, 1.807) is 0 Å². The normalized spacial score (nSPS) is 16.0. The van der Waals surface area contributed by atoms with E-state index in [9.17, 15) is 5.11 Å². The molecule has 0 aliphatic rings. The molecule has 2 atom stereocenters. The fourth-order valence-corrected chi connectivity index (χ4v) is 1.05. The predicted octanol–water partition coefficient (Wildman–Crippen LogP) is -0.814. The van der Waals surface area contributed by atoms with E-state index in [0.29, 0.717) is 19.4 Å². The van der Waals surface area contributed by atoms with E-state index in [-0.39, 0.29) is 12.6 Å². The van der Waals surface area contributed by atoms with Gasteiger partial charge in [0.25, 0.3) is 0 Å². The molecule has 4 heteroatoms. The fourth-order valence-electron chi connectivity index (χ4n) is 1.05. The number of hydrogen-bond donors (Lipinski definition) is 4. The number of unbranched alkanes of at least 4 members (excludes halogenated alkanes) is 1. The Morgan fingerprint density at radius 3 is 2.33 bits per heavy atom. The number of hydrogen-bond acceptors (Lipinski definition) is 4. The van der Waals surface area contributed by atoms with Gasteiger partial charge in [-0.3, -0.25) is 0 Å². The Morgan fingerprint density at radius 2 is 1.83 bits per heavy atom. The maximum Gasteiger partial charge on any atom is 0.0691 e. The van der Waals surface area contributed by atoms with Gasteiger partial charge in [0.2, 0.25) is 0 Å². The van der Waals surface area contributed by atoms with E-state index in [2.05, 4.69) is 0 Å². The van der Waals surface area contributed by atoms with Crippen LogP contribution in [0.15, 0.2) is 0 Å². The first-order chi connectivity index (χ1) is 5.72. The Balaban J connectivity index is 3.35. The molecule has 0 saturated heterocycles. The van der Waals surface area contributed by atoms with Crippen LogP contribution in [0.5, 0.6) is 0 Å². The van der Waals surface area contributed by atoms with Gasteiger partial charge >= 0.3 is 0 Å². The second-order valence-electron chi connectivity index (χ2n) is 3.03. The molecule has 0 saturated carbocycles. The van der Waals surface area contributed by atoms with Crippen LogP contribution in [0.1, 0.15) is 25.7 Å². The summed E-state index contributed by atoms with van der Waals surface area (Å²) in [4.78, 5) is 0. The van der Waals surface area contributed by atoms with Gasteiger partial charge < -0.3 is 21.7 Å². The summed E-state index contributed by atoms with van der Waals surface area (Å²) >= 11 is 0. The molecule has 6 N–H and O–H groups in total. The van der Waals surface area contributed by atoms with Crippen molar-refractivity contribution in [1.82, 2.24) is 0 Å². The molecule has 0 aromatic rings. The Morgan fingerprint density at radius 1 is 1.17 bits per heavy atom. The summed E-state index contributed by atoms with van der Waals surface area (Å²) in [6, 6.07) is -0.298. The molecule has 0 spiro atoms. The third-order valence-corrected chi connectivity index (χ3v) is 1.91. The van der Waals surface area contributed by atoms with Crippen molar-refractivity contribution in [2.45, 2.75) is 37.8 Å². The minimum atomic E-state index is -0.497. The van der Waals surface area contributed by atoms with Gasteiger partial charge in [-0.05, 0) is 32.2 Å². The number of aliphatic hydroxyl groups is 2. The van der Waals surface area contributed by atoms with Crippen molar-refractivity contribution in [3.8, 4) is 0 Å². The largest absolute Gasteiger partial charge is 0.396 e. The summed E-state index contributed by atoms with van der Waals surface area (Å²) < 4.78 is 0. The summed E-state index contributed by atoms with van der Waals surface area (Å²) in [7, 11) is 0. The highest BCUT2D eigenvalue weighted by atomic mass is 16.3. The van der Waals surface area contributed by atoms with E-state index in [1.807, 2.05) is 0 Å². The molecule has 0 aromatic carbocycles. The second-order valence-corrected chi connectivity index (χ2v) is 3.03. The first-order valence-electron chi connectivity index (χ1n) is 4.47. The highest BCUT2D eigenvalue weighted by molar-refractivity contribution is 4.71. The zero-order valence-electron chi connectivity index (χ0n) is 7.45. The summed E-state index contributed by atoms with van der Waals surface area (Å²) in [6.07, 6.45) is 2.46. The van der Waals surface area contributed by atoms with Crippen LogP contribution in [-0.2, 0) is 0 Å². The van der Waals surface area contributed by atoms with E-state index in [0.717, 1.165) is 12.8 Å². The molecule has 4 nitrogen and oxygen atoms in total. The van der Waals surface area contributed by atoms with Crippen LogP contribution < -0.4 is 11.5 Å². The van der Waals surface area contributed by atoms with Crippen molar-refractivity contribution >= 4 is 0 Å². The third-order valence-electron chi connectivity index (χ3n) is 1.91. The minimum absolute atomic E-state index is 0.0368. The molecule has 0 bridgehead atoms. The summed E-state index contributed by atoms with van der Waals surface area (Å²) in [5, 5.41) is 17.9. The first kappa shape index (κ1) is 11.8. The highest BCUT2D eigenvalue weighted by Crippen LogP contribution is 2.05. The lowest BCUT2D eigenvalue weighted by molar-refractivity contribution is 0.117.